The van der Waals surface area contributed by atoms with Crippen molar-refractivity contribution >= 4 is 39.9 Å². The zero-order valence-electron chi connectivity index (χ0n) is 11.1. The first-order valence-electron chi connectivity index (χ1n) is 6.48. The fourth-order valence-corrected chi connectivity index (χ4v) is 2.99. The quantitative estimate of drug-likeness (QED) is 0.460. The topological polar surface area (TPSA) is 83.7 Å². The Kier molecular flexibility index (Phi) is 4.96. The van der Waals surface area contributed by atoms with Crippen molar-refractivity contribution in [3.05, 3.63) is 31.6 Å². The van der Waals surface area contributed by atoms with Gasteiger partial charge in [0.25, 0.3) is 5.69 Å². The van der Waals surface area contributed by atoms with Gasteiger partial charge >= 0.3 is 5.97 Å². The third-order valence-corrected chi connectivity index (χ3v) is 4.43. The summed E-state index contributed by atoms with van der Waals surface area (Å²) in [7, 11) is 0. The number of nitro groups is 1. The molecule has 2 rings (SSSR count). The highest BCUT2D eigenvalue weighted by molar-refractivity contribution is 14.1. The molecule has 8 heteroatoms. The number of carboxylic acids is 1. The highest BCUT2D eigenvalue weighted by Crippen LogP contribution is 2.35. The number of carbonyl (C=O) groups is 1. The lowest BCUT2D eigenvalue weighted by Gasteiger charge is -2.19. The zero-order chi connectivity index (χ0) is 15.6. The molecule has 0 spiro atoms. The SMILES string of the molecule is O=C(O)CCC1CCN(c2cc(F)c(I)cc2[N+](=O)[O-])C1. The number of nitro benzene ring substituents is 1. The molecule has 114 valence electrons. The highest BCUT2D eigenvalue weighted by Gasteiger charge is 2.29. The van der Waals surface area contributed by atoms with Crippen LogP contribution in [-0.2, 0) is 4.79 Å². The van der Waals surface area contributed by atoms with E-state index in [4.69, 9.17) is 5.11 Å². The summed E-state index contributed by atoms with van der Waals surface area (Å²) in [5.41, 5.74) is 0.162. The lowest BCUT2D eigenvalue weighted by Crippen LogP contribution is -2.21. The van der Waals surface area contributed by atoms with Gasteiger partial charge in [-0.25, -0.2) is 4.39 Å². The number of nitrogens with zero attached hydrogens (tertiary/aromatic N) is 2. The molecule has 0 bridgehead atoms. The van der Waals surface area contributed by atoms with Crippen molar-refractivity contribution in [1.29, 1.82) is 0 Å². The van der Waals surface area contributed by atoms with Crippen molar-refractivity contribution in [3.8, 4) is 0 Å². The molecule has 1 unspecified atom stereocenters. The first-order valence-corrected chi connectivity index (χ1v) is 7.56. The van der Waals surface area contributed by atoms with E-state index in [0.29, 0.717) is 19.5 Å². The third kappa shape index (κ3) is 3.80. The molecule has 1 aliphatic rings. The minimum absolute atomic E-state index is 0.0850. The second kappa shape index (κ2) is 6.54. The molecule has 1 fully saturated rings. The van der Waals surface area contributed by atoms with Crippen LogP contribution in [0.1, 0.15) is 19.3 Å². The molecule has 1 aromatic rings. The van der Waals surface area contributed by atoms with E-state index in [9.17, 15) is 19.3 Å². The molecular formula is C13H14FIN2O4. The number of rotatable bonds is 5. The monoisotopic (exact) mass is 408 g/mol. The molecule has 21 heavy (non-hydrogen) atoms. The molecular weight excluding hydrogens is 394 g/mol. The predicted octanol–water partition coefficient (Wildman–Crippen LogP) is 3.03. The van der Waals surface area contributed by atoms with Crippen LogP contribution in [-0.4, -0.2) is 29.1 Å². The Morgan fingerprint density at radius 2 is 2.29 bits per heavy atom. The van der Waals surface area contributed by atoms with E-state index in [-0.39, 0.29) is 27.3 Å². The first-order chi connectivity index (χ1) is 9.88. The van der Waals surface area contributed by atoms with Crippen molar-refractivity contribution in [3.63, 3.8) is 0 Å². The summed E-state index contributed by atoms with van der Waals surface area (Å²) in [6.07, 6.45) is 1.38. The minimum Gasteiger partial charge on any atom is -0.481 e. The van der Waals surface area contributed by atoms with Crippen LogP contribution in [0.5, 0.6) is 0 Å². The van der Waals surface area contributed by atoms with Gasteiger partial charge in [0, 0.05) is 31.6 Å². The molecule has 0 aromatic heterocycles. The van der Waals surface area contributed by atoms with E-state index in [2.05, 4.69) is 0 Å². The summed E-state index contributed by atoms with van der Waals surface area (Å²) in [4.78, 5) is 22.9. The summed E-state index contributed by atoms with van der Waals surface area (Å²) in [5.74, 6) is -1.16. The van der Waals surface area contributed by atoms with Gasteiger partial charge in [-0.2, -0.15) is 0 Å². The van der Waals surface area contributed by atoms with Crippen LogP contribution in [0.2, 0.25) is 0 Å². The van der Waals surface area contributed by atoms with Crippen LogP contribution in [0.25, 0.3) is 0 Å². The number of carboxylic acid groups (broad SMARTS) is 1. The number of aliphatic carboxylic acids is 1. The summed E-state index contributed by atoms with van der Waals surface area (Å²) in [5, 5.41) is 19.8. The van der Waals surface area contributed by atoms with Gasteiger partial charge in [0.2, 0.25) is 0 Å². The van der Waals surface area contributed by atoms with E-state index in [1.807, 2.05) is 0 Å². The average Bonchev–Trinajstić information content (AvgIpc) is 2.87. The van der Waals surface area contributed by atoms with Gasteiger partial charge in [0.15, 0.2) is 0 Å². The van der Waals surface area contributed by atoms with Gasteiger partial charge in [-0.1, -0.05) is 0 Å². The van der Waals surface area contributed by atoms with Crippen LogP contribution in [0.15, 0.2) is 12.1 Å². The number of anilines is 1. The molecule has 1 saturated heterocycles. The van der Waals surface area contributed by atoms with E-state index >= 15 is 0 Å². The Balaban J connectivity index is 2.17. The number of halogens is 2. The Labute approximate surface area is 134 Å². The van der Waals surface area contributed by atoms with Crippen molar-refractivity contribution in [1.82, 2.24) is 0 Å². The standard InChI is InChI=1S/C13H14FIN2O4/c14-9-5-11(12(17(20)21)6-10(9)15)16-4-3-8(7-16)1-2-13(18)19/h5-6,8H,1-4,7H2,(H,18,19). The Morgan fingerprint density at radius 1 is 1.57 bits per heavy atom. The van der Waals surface area contributed by atoms with Crippen molar-refractivity contribution in [2.24, 2.45) is 5.92 Å². The number of hydrogen-bond acceptors (Lipinski definition) is 4. The van der Waals surface area contributed by atoms with Gasteiger partial charge in [-0.3, -0.25) is 14.9 Å². The molecule has 0 saturated carbocycles. The van der Waals surface area contributed by atoms with Crippen LogP contribution in [0.4, 0.5) is 15.8 Å². The van der Waals surface area contributed by atoms with Crippen molar-refractivity contribution < 1.29 is 19.2 Å². The lowest BCUT2D eigenvalue weighted by molar-refractivity contribution is -0.384. The Bertz CT molecular complexity index is 582. The molecule has 0 aliphatic carbocycles. The van der Waals surface area contributed by atoms with Gasteiger partial charge in [-0.15, -0.1) is 0 Å². The minimum atomic E-state index is -0.847. The molecule has 6 nitrogen and oxygen atoms in total. The fraction of sp³-hybridized carbons (Fsp3) is 0.462. The van der Waals surface area contributed by atoms with Crippen LogP contribution < -0.4 is 4.90 Å². The fourth-order valence-electron chi connectivity index (χ4n) is 2.54. The molecule has 1 aromatic carbocycles. The maximum absolute atomic E-state index is 13.7. The molecule has 0 radical (unpaired) electrons. The lowest BCUT2D eigenvalue weighted by atomic mass is 10.0. The smallest absolute Gasteiger partial charge is 0.303 e. The molecule has 1 heterocycles. The average molecular weight is 408 g/mol. The van der Waals surface area contributed by atoms with Gasteiger partial charge in [0.1, 0.15) is 11.5 Å². The summed E-state index contributed by atoms with van der Waals surface area (Å²) >= 11 is 1.72. The summed E-state index contributed by atoms with van der Waals surface area (Å²) in [6.45, 7) is 1.10. The largest absolute Gasteiger partial charge is 0.481 e. The van der Waals surface area contributed by atoms with E-state index in [1.165, 1.54) is 12.1 Å². The molecule has 1 N–H and O–H groups in total. The van der Waals surface area contributed by atoms with Gasteiger partial charge in [-0.05, 0) is 41.4 Å². The second-order valence-electron chi connectivity index (χ2n) is 5.05. The first kappa shape index (κ1) is 15.9. The Hall–Kier alpha value is -1.45. The maximum atomic E-state index is 13.7. The zero-order valence-corrected chi connectivity index (χ0v) is 13.2. The van der Waals surface area contributed by atoms with Crippen molar-refractivity contribution in [2.45, 2.75) is 19.3 Å². The summed E-state index contributed by atoms with van der Waals surface area (Å²) < 4.78 is 13.9. The predicted molar refractivity (Wildman–Crippen MR) is 83.0 cm³/mol. The highest BCUT2D eigenvalue weighted by atomic mass is 127. The second-order valence-corrected chi connectivity index (χ2v) is 6.21. The van der Waals surface area contributed by atoms with Crippen LogP contribution in [0.3, 0.4) is 0 Å². The molecule has 1 aliphatic heterocycles. The maximum Gasteiger partial charge on any atom is 0.303 e. The number of benzene rings is 1. The normalized spacial score (nSPS) is 18.0. The third-order valence-electron chi connectivity index (χ3n) is 3.61. The van der Waals surface area contributed by atoms with E-state index < -0.39 is 16.7 Å². The van der Waals surface area contributed by atoms with Gasteiger partial charge in [0.05, 0.1) is 8.49 Å². The van der Waals surface area contributed by atoms with Gasteiger partial charge < -0.3 is 10.0 Å². The van der Waals surface area contributed by atoms with Crippen molar-refractivity contribution in [2.75, 3.05) is 18.0 Å². The molecule has 0 amide bonds. The molecule has 1 atom stereocenters. The van der Waals surface area contributed by atoms with Crippen LogP contribution >= 0.6 is 22.6 Å². The van der Waals surface area contributed by atoms with E-state index in [1.54, 1.807) is 27.5 Å². The number of hydrogen-bond donors (Lipinski definition) is 1. The summed E-state index contributed by atoms with van der Waals surface area (Å²) in [6, 6.07) is 2.43. The van der Waals surface area contributed by atoms with E-state index in [0.717, 1.165) is 6.42 Å². The Morgan fingerprint density at radius 3 is 2.90 bits per heavy atom. The van der Waals surface area contributed by atoms with Crippen LogP contribution in [0, 0.1) is 25.4 Å².